The van der Waals surface area contributed by atoms with Crippen LogP contribution in [0.25, 0.3) is 0 Å². The van der Waals surface area contributed by atoms with Gasteiger partial charge in [0.1, 0.15) is 0 Å². The standard InChI is InChI=1S/C14H28N2O/c15-14(6-1-2-7-14)8-10-16-9-3-11-17-12-13-4-5-13/h13,16H,1-12,15H2. The summed E-state index contributed by atoms with van der Waals surface area (Å²) in [6.07, 6.45) is 10.1. The first kappa shape index (κ1) is 13.3. The minimum absolute atomic E-state index is 0.148. The van der Waals surface area contributed by atoms with E-state index in [9.17, 15) is 0 Å². The molecule has 100 valence electrons. The molecule has 0 aromatic rings. The summed E-state index contributed by atoms with van der Waals surface area (Å²) in [5.74, 6) is 0.891. The summed E-state index contributed by atoms with van der Waals surface area (Å²) >= 11 is 0. The van der Waals surface area contributed by atoms with E-state index in [0.29, 0.717) is 0 Å². The first-order valence-electron chi connectivity index (χ1n) is 7.36. The zero-order valence-electron chi connectivity index (χ0n) is 11.0. The van der Waals surface area contributed by atoms with Crippen LogP contribution in [0.15, 0.2) is 0 Å². The smallest absolute Gasteiger partial charge is 0.0494 e. The van der Waals surface area contributed by atoms with Gasteiger partial charge in [0.2, 0.25) is 0 Å². The molecule has 17 heavy (non-hydrogen) atoms. The molecule has 2 aliphatic rings. The highest BCUT2D eigenvalue weighted by molar-refractivity contribution is 4.89. The molecule has 0 unspecified atom stereocenters. The monoisotopic (exact) mass is 240 g/mol. The zero-order valence-corrected chi connectivity index (χ0v) is 11.0. The van der Waals surface area contributed by atoms with Crippen molar-refractivity contribution in [3.8, 4) is 0 Å². The summed E-state index contributed by atoms with van der Waals surface area (Å²) in [6.45, 7) is 4.04. The highest BCUT2D eigenvalue weighted by Gasteiger charge is 2.28. The van der Waals surface area contributed by atoms with Gasteiger partial charge in [-0.25, -0.2) is 0 Å². The van der Waals surface area contributed by atoms with Gasteiger partial charge >= 0.3 is 0 Å². The van der Waals surface area contributed by atoms with Crippen molar-refractivity contribution in [1.29, 1.82) is 0 Å². The lowest BCUT2D eigenvalue weighted by Crippen LogP contribution is -2.39. The molecule has 0 aromatic carbocycles. The Morgan fingerprint density at radius 1 is 1.18 bits per heavy atom. The maximum absolute atomic E-state index is 6.30. The Morgan fingerprint density at radius 3 is 2.65 bits per heavy atom. The van der Waals surface area contributed by atoms with E-state index in [4.69, 9.17) is 10.5 Å². The predicted octanol–water partition coefficient (Wildman–Crippen LogP) is 2.05. The molecular weight excluding hydrogens is 212 g/mol. The van der Waals surface area contributed by atoms with Gasteiger partial charge in [-0.05, 0) is 57.5 Å². The number of ether oxygens (including phenoxy) is 1. The molecule has 0 amide bonds. The lowest BCUT2D eigenvalue weighted by atomic mass is 9.95. The maximum Gasteiger partial charge on any atom is 0.0494 e. The average Bonchev–Trinajstić information content (AvgIpc) is 3.04. The van der Waals surface area contributed by atoms with Crippen LogP contribution in [0.3, 0.4) is 0 Å². The fourth-order valence-electron chi connectivity index (χ4n) is 2.63. The van der Waals surface area contributed by atoms with Crippen molar-refractivity contribution in [2.45, 2.75) is 56.9 Å². The molecule has 2 fully saturated rings. The SMILES string of the molecule is NC1(CCNCCCOCC2CC2)CCCC1. The number of nitrogens with one attached hydrogen (secondary N) is 1. The van der Waals surface area contributed by atoms with Gasteiger partial charge in [0.15, 0.2) is 0 Å². The van der Waals surface area contributed by atoms with Crippen LogP contribution in [-0.4, -0.2) is 31.8 Å². The van der Waals surface area contributed by atoms with E-state index >= 15 is 0 Å². The fourth-order valence-corrected chi connectivity index (χ4v) is 2.63. The van der Waals surface area contributed by atoms with E-state index in [1.807, 2.05) is 0 Å². The molecule has 0 bridgehead atoms. The minimum Gasteiger partial charge on any atom is -0.381 e. The van der Waals surface area contributed by atoms with Crippen molar-refractivity contribution >= 4 is 0 Å². The Bertz CT molecular complexity index is 210. The van der Waals surface area contributed by atoms with Crippen LogP contribution in [0.5, 0.6) is 0 Å². The number of hydrogen-bond acceptors (Lipinski definition) is 3. The van der Waals surface area contributed by atoms with Gasteiger partial charge in [0.25, 0.3) is 0 Å². The summed E-state index contributed by atoms with van der Waals surface area (Å²) in [5, 5.41) is 3.48. The summed E-state index contributed by atoms with van der Waals surface area (Å²) in [6, 6.07) is 0. The van der Waals surface area contributed by atoms with Gasteiger partial charge in [-0.15, -0.1) is 0 Å². The van der Waals surface area contributed by atoms with Gasteiger partial charge in [0, 0.05) is 18.8 Å². The third kappa shape index (κ3) is 5.36. The van der Waals surface area contributed by atoms with Crippen LogP contribution in [0.2, 0.25) is 0 Å². The molecule has 2 saturated carbocycles. The molecule has 3 N–H and O–H groups in total. The quantitative estimate of drug-likeness (QED) is 0.606. The van der Waals surface area contributed by atoms with Crippen LogP contribution < -0.4 is 11.1 Å². The molecule has 0 atom stereocenters. The maximum atomic E-state index is 6.30. The zero-order chi connectivity index (χ0) is 12.0. The fraction of sp³-hybridized carbons (Fsp3) is 1.00. The number of rotatable bonds is 9. The highest BCUT2D eigenvalue weighted by atomic mass is 16.5. The van der Waals surface area contributed by atoms with Gasteiger partial charge in [-0.3, -0.25) is 0 Å². The molecule has 3 heteroatoms. The first-order valence-corrected chi connectivity index (χ1v) is 7.36. The van der Waals surface area contributed by atoms with Crippen LogP contribution in [0, 0.1) is 5.92 Å². The van der Waals surface area contributed by atoms with E-state index in [-0.39, 0.29) is 5.54 Å². The summed E-state index contributed by atoms with van der Waals surface area (Å²) in [5.41, 5.74) is 6.45. The lowest BCUT2D eigenvalue weighted by molar-refractivity contribution is 0.122. The predicted molar refractivity (Wildman–Crippen MR) is 71.0 cm³/mol. The second-order valence-corrected chi connectivity index (χ2v) is 5.94. The summed E-state index contributed by atoms with van der Waals surface area (Å²) in [4.78, 5) is 0. The van der Waals surface area contributed by atoms with Crippen LogP contribution in [0.1, 0.15) is 51.4 Å². The van der Waals surface area contributed by atoms with Crippen LogP contribution in [0.4, 0.5) is 0 Å². The largest absolute Gasteiger partial charge is 0.381 e. The van der Waals surface area contributed by atoms with E-state index in [0.717, 1.165) is 45.1 Å². The van der Waals surface area contributed by atoms with Gasteiger partial charge in [-0.1, -0.05) is 12.8 Å². The molecule has 0 heterocycles. The Morgan fingerprint density at radius 2 is 1.94 bits per heavy atom. The van der Waals surface area contributed by atoms with E-state index in [1.165, 1.54) is 38.5 Å². The molecule has 2 rings (SSSR count). The molecule has 3 nitrogen and oxygen atoms in total. The molecule has 0 saturated heterocycles. The molecular formula is C14H28N2O. The van der Waals surface area contributed by atoms with E-state index < -0.39 is 0 Å². The third-order valence-corrected chi connectivity index (χ3v) is 4.09. The van der Waals surface area contributed by atoms with Crippen molar-refractivity contribution in [3.63, 3.8) is 0 Å². The van der Waals surface area contributed by atoms with Crippen molar-refractivity contribution in [2.75, 3.05) is 26.3 Å². The van der Waals surface area contributed by atoms with Gasteiger partial charge in [0.05, 0.1) is 0 Å². The molecule has 2 aliphatic carbocycles. The van der Waals surface area contributed by atoms with Crippen molar-refractivity contribution in [1.82, 2.24) is 5.32 Å². The molecule has 0 radical (unpaired) electrons. The van der Waals surface area contributed by atoms with Gasteiger partial charge < -0.3 is 15.8 Å². The Balaban J connectivity index is 1.35. The normalized spacial score (nSPS) is 23.1. The van der Waals surface area contributed by atoms with Crippen molar-refractivity contribution in [3.05, 3.63) is 0 Å². The third-order valence-electron chi connectivity index (χ3n) is 4.09. The number of hydrogen-bond donors (Lipinski definition) is 2. The van der Waals surface area contributed by atoms with Crippen LogP contribution >= 0.6 is 0 Å². The molecule has 0 aliphatic heterocycles. The Kier molecular flexibility index (Phi) is 5.26. The van der Waals surface area contributed by atoms with Gasteiger partial charge in [-0.2, -0.15) is 0 Å². The van der Waals surface area contributed by atoms with Crippen molar-refractivity contribution in [2.24, 2.45) is 11.7 Å². The second-order valence-electron chi connectivity index (χ2n) is 5.94. The second kappa shape index (κ2) is 6.72. The Labute approximate surface area is 105 Å². The Hall–Kier alpha value is -0.120. The molecule has 0 aromatic heterocycles. The van der Waals surface area contributed by atoms with Crippen LogP contribution in [-0.2, 0) is 4.74 Å². The highest BCUT2D eigenvalue weighted by Crippen LogP contribution is 2.29. The minimum atomic E-state index is 0.148. The van der Waals surface area contributed by atoms with Crippen molar-refractivity contribution < 1.29 is 4.74 Å². The first-order chi connectivity index (χ1) is 8.29. The average molecular weight is 240 g/mol. The van der Waals surface area contributed by atoms with E-state index in [2.05, 4.69) is 5.32 Å². The number of nitrogens with two attached hydrogens (primary N) is 1. The summed E-state index contributed by atoms with van der Waals surface area (Å²) in [7, 11) is 0. The topological polar surface area (TPSA) is 47.3 Å². The molecule has 0 spiro atoms. The lowest BCUT2D eigenvalue weighted by Gasteiger charge is -2.23. The summed E-state index contributed by atoms with van der Waals surface area (Å²) < 4.78 is 5.59. The van der Waals surface area contributed by atoms with E-state index in [1.54, 1.807) is 0 Å².